The zero-order chi connectivity index (χ0) is 24.0. The first-order valence-corrected chi connectivity index (χ1v) is 10.4. The first-order valence-electron chi connectivity index (χ1n) is 10.4. The summed E-state index contributed by atoms with van der Waals surface area (Å²) in [5.41, 5.74) is 2.12. The molecule has 3 aromatic carbocycles. The number of ether oxygens (including phenoxy) is 1. The summed E-state index contributed by atoms with van der Waals surface area (Å²) in [5.74, 6) is -2.59. The van der Waals surface area contributed by atoms with E-state index < -0.39 is 24.4 Å². The van der Waals surface area contributed by atoms with Crippen LogP contribution in [0.1, 0.15) is 35.6 Å². The Bertz CT molecular complexity index is 1100. The van der Waals surface area contributed by atoms with Crippen LogP contribution in [0.2, 0.25) is 0 Å². The fourth-order valence-electron chi connectivity index (χ4n) is 3.32. The summed E-state index contributed by atoms with van der Waals surface area (Å²) in [4.78, 5) is 0. The summed E-state index contributed by atoms with van der Waals surface area (Å²) in [6, 6.07) is 16.0. The highest BCUT2D eigenvalue weighted by Crippen LogP contribution is 2.31. The van der Waals surface area contributed by atoms with Crippen molar-refractivity contribution >= 4 is 11.7 Å². The van der Waals surface area contributed by atoms with Gasteiger partial charge < -0.3 is 4.74 Å². The van der Waals surface area contributed by atoms with Crippen LogP contribution in [0.5, 0.6) is 0 Å². The van der Waals surface area contributed by atoms with Gasteiger partial charge in [0.15, 0.2) is 11.7 Å². The smallest absolute Gasteiger partial charge is 0.367 e. The van der Waals surface area contributed by atoms with Crippen LogP contribution in [0.15, 0.2) is 66.7 Å². The summed E-state index contributed by atoms with van der Waals surface area (Å²) in [7, 11) is 0. The molecule has 0 fully saturated rings. The number of hydrogen-bond donors (Lipinski definition) is 0. The molecular formula is C26H22F6O. The van der Waals surface area contributed by atoms with Crippen molar-refractivity contribution < 1.29 is 31.1 Å². The SMILES string of the molecule is CCCc1ccc(-c2ccc(/C(F)=C(/F)c3ccc(COCC(F)(F)F)cc3)cc2)c(F)c1. The number of alkyl halides is 3. The minimum atomic E-state index is -4.43. The largest absolute Gasteiger partial charge is 0.411 e. The fourth-order valence-corrected chi connectivity index (χ4v) is 3.32. The van der Waals surface area contributed by atoms with Gasteiger partial charge in [-0.05, 0) is 29.2 Å². The monoisotopic (exact) mass is 464 g/mol. The highest BCUT2D eigenvalue weighted by atomic mass is 19.4. The Balaban J connectivity index is 1.73. The third kappa shape index (κ3) is 6.71. The Morgan fingerprint density at radius 2 is 1.33 bits per heavy atom. The molecule has 1 nitrogen and oxygen atoms in total. The lowest BCUT2D eigenvalue weighted by Crippen LogP contribution is -2.16. The quantitative estimate of drug-likeness (QED) is 0.241. The van der Waals surface area contributed by atoms with Gasteiger partial charge in [0.2, 0.25) is 0 Å². The first-order chi connectivity index (χ1) is 15.7. The Labute approximate surface area is 188 Å². The van der Waals surface area contributed by atoms with Crippen LogP contribution in [0.4, 0.5) is 26.3 Å². The molecule has 0 unspecified atom stereocenters. The maximum Gasteiger partial charge on any atom is 0.411 e. The fraction of sp³-hybridized carbons (Fsp3) is 0.231. The Morgan fingerprint density at radius 1 is 0.788 bits per heavy atom. The third-order valence-corrected chi connectivity index (χ3v) is 4.96. The molecule has 0 saturated heterocycles. The average molecular weight is 464 g/mol. The molecule has 0 radical (unpaired) electrons. The molecule has 0 spiro atoms. The highest BCUT2D eigenvalue weighted by Gasteiger charge is 2.27. The van der Waals surface area contributed by atoms with Gasteiger partial charge in [-0.2, -0.15) is 13.2 Å². The molecule has 3 aromatic rings. The van der Waals surface area contributed by atoms with Gasteiger partial charge in [0.25, 0.3) is 0 Å². The molecular weight excluding hydrogens is 442 g/mol. The van der Waals surface area contributed by atoms with Gasteiger partial charge in [-0.25, -0.2) is 13.2 Å². The van der Waals surface area contributed by atoms with Gasteiger partial charge in [0.1, 0.15) is 12.4 Å². The van der Waals surface area contributed by atoms with Gasteiger partial charge in [0, 0.05) is 16.7 Å². The summed E-state index contributed by atoms with van der Waals surface area (Å²) in [6.45, 7) is 0.318. The molecule has 0 saturated carbocycles. The van der Waals surface area contributed by atoms with E-state index in [1.165, 1.54) is 54.6 Å². The van der Waals surface area contributed by atoms with E-state index in [4.69, 9.17) is 0 Å². The molecule has 0 atom stereocenters. The van der Waals surface area contributed by atoms with Crippen LogP contribution >= 0.6 is 0 Å². The van der Waals surface area contributed by atoms with Crippen LogP contribution in [0, 0.1) is 5.82 Å². The molecule has 174 valence electrons. The van der Waals surface area contributed by atoms with Crippen LogP contribution in [-0.2, 0) is 17.8 Å². The summed E-state index contributed by atoms with van der Waals surface area (Å²) in [6.07, 6.45) is -2.76. The van der Waals surface area contributed by atoms with Gasteiger partial charge >= 0.3 is 6.18 Å². The van der Waals surface area contributed by atoms with Crippen LogP contribution in [0.3, 0.4) is 0 Å². The topological polar surface area (TPSA) is 9.23 Å². The predicted molar refractivity (Wildman–Crippen MR) is 117 cm³/mol. The van der Waals surface area contributed by atoms with Crippen molar-refractivity contribution in [1.29, 1.82) is 0 Å². The summed E-state index contributed by atoms with van der Waals surface area (Å²) >= 11 is 0. The molecule has 0 aliphatic rings. The Morgan fingerprint density at radius 3 is 1.85 bits per heavy atom. The molecule has 7 heteroatoms. The van der Waals surface area contributed by atoms with E-state index in [0.29, 0.717) is 16.7 Å². The molecule has 0 bridgehead atoms. The molecule has 0 heterocycles. The lowest BCUT2D eigenvalue weighted by Gasteiger charge is -2.09. The van der Waals surface area contributed by atoms with Crippen molar-refractivity contribution in [2.45, 2.75) is 32.5 Å². The zero-order valence-electron chi connectivity index (χ0n) is 17.9. The number of halogens is 6. The van der Waals surface area contributed by atoms with Crippen LogP contribution in [-0.4, -0.2) is 12.8 Å². The van der Waals surface area contributed by atoms with E-state index in [9.17, 15) is 26.3 Å². The minimum Gasteiger partial charge on any atom is -0.367 e. The predicted octanol–water partition coefficient (Wildman–Crippen LogP) is 8.29. The number of hydrogen-bond acceptors (Lipinski definition) is 1. The molecule has 0 N–H and O–H groups in total. The second-order valence-corrected chi connectivity index (χ2v) is 7.57. The number of rotatable bonds is 8. The van der Waals surface area contributed by atoms with Crippen LogP contribution < -0.4 is 0 Å². The summed E-state index contributed by atoms with van der Waals surface area (Å²) in [5, 5.41) is 0. The normalized spacial score (nSPS) is 12.6. The van der Waals surface area contributed by atoms with Gasteiger partial charge in [-0.15, -0.1) is 0 Å². The van der Waals surface area contributed by atoms with Crippen molar-refractivity contribution in [1.82, 2.24) is 0 Å². The van der Waals surface area contributed by atoms with Crippen molar-refractivity contribution in [2.24, 2.45) is 0 Å². The lowest BCUT2D eigenvalue weighted by molar-refractivity contribution is -0.176. The average Bonchev–Trinajstić information content (AvgIpc) is 2.78. The number of benzene rings is 3. The van der Waals surface area contributed by atoms with E-state index >= 15 is 0 Å². The molecule has 3 rings (SSSR count). The first kappa shape index (κ1) is 24.6. The maximum absolute atomic E-state index is 14.7. The Hall–Kier alpha value is -3.06. The van der Waals surface area contributed by atoms with Gasteiger partial charge in [-0.3, -0.25) is 0 Å². The highest BCUT2D eigenvalue weighted by molar-refractivity contribution is 5.83. The second-order valence-electron chi connectivity index (χ2n) is 7.57. The van der Waals surface area contributed by atoms with Crippen molar-refractivity contribution in [3.8, 4) is 11.1 Å². The van der Waals surface area contributed by atoms with Crippen LogP contribution in [0.25, 0.3) is 22.8 Å². The zero-order valence-corrected chi connectivity index (χ0v) is 17.9. The number of aryl methyl sites for hydroxylation is 1. The standard InChI is InChI=1S/C26H22F6O/c1-2-3-17-6-13-22(23(27)14-17)19-9-11-21(12-10-19)25(29)24(28)20-7-4-18(5-8-20)15-33-16-26(30,31)32/h4-14H,2-3,15-16H2,1H3/b25-24-. The van der Waals surface area contributed by atoms with Crippen molar-refractivity contribution in [3.63, 3.8) is 0 Å². The Kier molecular flexibility index (Phi) is 7.97. The molecule has 0 aliphatic carbocycles. The molecule has 33 heavy (non-hydrogen) atoms. The van der Waals surface area contributed by atoms with Crippen molar-refractivity contribution in [2.75, 3.05) is 6.61 Å². The molecule has 0 aliphatic heterocycles. The third-order valence-electron chi connectivity index (χ3n) is 4.96. The van der Waals surface area contributed by atoms with E-state index in [-0.39, 0.29) is 23.6 Å². The van der Waals surface area contributed by atoms with E-state index in [1.807, 2.05) is 13.0 Å². The molecule has 0 amide bonds. The maximum atomic E-state index is 14.7. The van der Waals surface area contributed by atoms with E-state index in [2.05, 4.69) is 4.74 Å². The van der Waals surface area contributed by atoms with Gasteiger partial charge in [0.05, 0.1) is 6.61 Å². The lowest BCUT2D eigenvalue weighted by atomic mass is 9.99. The second kappa shape index (κ2) is 10.7. The minimum absolute atomic E-state index is 0.0168. The van der Waals surface area contributed by atoms with E-state index in [0.717, 1.165) is 18.4 Å². The van der Waals surface area contributed by atoms with Gasteiger partial charge in [-0.1, -0.05) is 74.0 Å². The summed E-state index contributed by atoms with van der Waals surface area (Å²) < 4.78 is 84.6. The molecule has 0 aromatic heterocycles. The van der Waals surface area contributed by atoms with E-state index in [1.54, 1.807) is 6.07 Å². The van der Waals surface area contributed by atoms with Crippen molar-refractivity contribution in [3.05, 3.63) is 94.8 Å².